The molecule has 30 heavy (non-hydrogen) atoms. The summed E-state index contributed by atoms with van der Waals surface area (Å²) in [5.74, 6) is 0.549. The number of aliphatic hydroxyl groups excluding tert-OH is 1. The smallest absolute Gasteiger partial charge is 0.191 e. The molecule has 0 saturated carbocycles. The Morgan fingerprint density at radius 2 is 1.40 bits per heavy atom. The molecule has 1 N–H and O–H groups in total. The van der Waals surface area contributed by atoms with Crippen molar-refractivity contribution in [3.8, 4) is 0 Å². The highest BCUT2D eigenvalue weighted by Crippen LogP contribution is 2.37. The Morgan fingerprint density at radius 3 is 1.90 bits per heavy atom. The molecule has 0 radical (unpaired) electrons. The zero-order valence-electron chi connectivity index (χ0n) is 21.7. The largest absolute Gasteiger partial charge is 0.417 e. The van der Waals surface area contributed by atoms with Gasteiger partial charge >= 0.3 is 0 Å². The summed E-state index contributed by atoms with van der Waals surface area (Å²) >= 11 is 0. The van der Waals surface area contributed by atoms with Gasteiger partial charge in [0.2, 0.25) is 0 Å². The van der Waals surface area contributed by atoms with Gasteiger partial charge < -0.3 is 9.53 Å². The molecule has 0 amide bonds. The maximum absolute atomic E-state index is 9.26. The molecule has 0 rings (SSSR count). The topological polar surface area (TPSA) is 29.5 Å². The quantitative estimate of drug-likeness (QED) is 0.206. The molecule has 0 unspecified atom stereocenters. The predicted octanol–water partition coefficient (Wildman–Crippen LogP) is 8.60. The van der Waals surface area contributed by atoms with Gasteiger partial charge in [0, 0.05) is 13.2 Å². The lowest BCUT2D eigenvalue weighted by atomic mass is 9.97. The van der Waals surface area contributed by atoms with Gasteiger partial charge in [0.05, 0.1) is 0 Å². The van der Waals surface area contributed by atoms with Crippen LogP contribution in [-0.2, 0) is 4.43 Å². The Hall–Kier alpha value is -0.643. The maximum atomic E-state index is 9.26. The van der Waals surface area contributed by atoms with Gasteiger partial charge in [-0.05, 0) is 103 Å². The van der Waals surface area contributed by atoms with Crippen molar-refractivity contribution in [3.05, 3.63) is 34.9 Å². The highest BCUT2D eigenvalue weighted by atomic mass is 28.4. The standard InChI is InChI=1S/C27H52O2Si/c1-23(2)14-10-15-24(3)16-11-17-25(4)18-12-19-26(20-13-21-28)22-29-30(8,9)27(5,6)7/h14,16,18,26,28H,10-13,15,17,19-22H2,1-9H3/b24-16+,25-18+/t26-/m0/s1. The molecule has 0 saturated heterocycles. The molecule has 0 aliphatic carbocycles. The Kier molecular flexibility index (Phi) is 14.9. The van der Waals surface area contributed by atoms with Gasteiger partial charge in [0.1, 0.15) is 0 Å². The van der Waals surface area contributed by atoms with Crippen LogP contribution in [0.3, 0.4) is 0 Å². The van der Waals surface area contributed by atoms with E-state index in [0.29, 0.717) is 5.92 Å². The lowest BCUT2D eigenvalue weighted by molar-refractivity contribution is 0.197. The van der Waals surface area contributed by atoms with Crippen LogP contribution < -0.4 is 0 Å². The van der Waals surface area contributed by atoms with Crippen molar-refractivity contribution in [2.24, 2.45) is 5.92 Å². The van der Waals surface area contributed by atoms with Crippen molar-refractivity contribution in [1.82, 2.24) is 0 Å². The SMILES string of the molecule is CC(C)=CCC/C(C)=C/CC/C(C)=C/CC[C@@H](CCCO)CO[Si](C)(C)C(C)(C)C. The molecule has 3 heteroatoms. The van der Waals surface area contributed by atoms with Crippen molar-refractivity contribution in [1.29, 1.82) is 0 Å². The number of aliphatic hydroxyl groups is 1. The fourth-order valence-electron chi connectivity index (χ4n) is 3.14. The molecule has 0 aromatic carbocycles. The molecule has 0 bridgehead atoms. The van der Waals surface area contributed by atoms with Crippen LogP contribution in [0.15, 0.2) is 34.9 Å². The summed E-state index contributed by atoms with van der Waals surface area (Å²) in [6.45, 7) is 21.5. The van der Waals surface area contributed by atoms with E-state index in [4.69, 9.17) is 4.43 Å². The maximum Gasteiger partial charge on any atom is 0.191 e. The van der Waals surface area contributed by atoms with Crippen LogP contribution >= 0.6 is 0 Å². The molecule has 2 nitrogen and oxygen atoms in total. The Balaban J connectivity index is 4.45. The van der Waals surface area contributed by atoms with E-state index in [0.717, 1.165) is 51.6 Å². The van der Waals surface area contributed by atoms with Crippen molar-refractivity contribution in [3.63, 3.8) is 0 Å². The van der Waals surface area contributed by atoms with Gasteiger partial charge in [-0.1, -0.05) is 55.7 Å². The first-order valence-electron chi connectivity index (χ1n) is 12.1. The summed E-state index contributed by atoms with van der Waals surface area (Å²) in [5.41, 5.74) is 4.41. The minimum atomic E-state index is -1.70. The second-order valence-corrected chi connectivity index (χ2v) is 15.6. The second kappa shape index (κ2) is 15.2. The van der Waals surface area contributed by atoms with E-state index in [9.17, 15) is 5.11 Å². The van der Waals surface area contributed by atoms with Crippen molar-refractivity contribution < 1.29 is 9.53 Å². The molecule has 0 spiro atoms. The Bertz CT molecular complexity index is 546. The van der Waals surface area contributed by atoms with E-state index >= 15 is 0 Å². The van der Waals surface area contributed by atoms with Gasteiger partial charge in [-0.25, -0.2) is 0 Å². The van der Waals surface area contributed by atoms with E-state index in [1.165, 1.54) is 23.1 Å². The summed E-state index contributed by atoms with van der Waals surface area (Å²) in [6.07, 6.45) is 16.0. The van der Waals surface area contributed by atoms with E-state index in [1.807, 2.05) is 0 Å². The minimum Gasteiger partial charge on any atom is -0.417 e. The number of hydrogen-bond donors (Lipinski definition) is 1. The van der Waals surface area contributed by atoms with Gasteiger partial charge in [0.25, 0.3) is 0 Å². The van der Waals surface area contributed by atoms with Gasteiger partial charge in [0.15, 0.2) is 8.32 Å². The first-order valence-corrected chi connectivity index (χ1v) is 15.0. The Labute approximate surface area is 190 Å². The summed E-state index contributed by atoms with van der Waals surface area (Å²) in [6, 6.07) is 0. The van der Waals surface area contributed by atoms with Crippen LogP contribution in [0.5, 0.6) is 0 Å². The zero-order chi connectivity index (χ0) is 23.2. The molecular formula is C27H52O2Si. The third-order valence-corrected chi connectivity index (χ3v) is 10.9. The van der Waals surface area contributed by atoms with Crippen LogP contribution in [0, 0.1) is 5.92 Å². The van der Waals surface area contributed by atoms with E-state index < -0.39 is 8.32 Å². The van der Waals surface area contributed by atoms with Crippen LogP contribution in [0.25, 0.3) is 0 Å². The first kappa shape index (κ1) is 29.4. The van der Waals surface area contributed by atoms with E-state index in [2.05, 4.69) is 79.8 Å². The van der Waals surface area contributed by atoms with Crippen molar-refractivity contribution >= 4 is 8.32 Å². The molecular weight excluding hydrogens is 384 g/mol. The third kappa shape index (κ3) is 14.4. The highest BCUT2D eigenvalue weighted by Gasteiger charge is 2.37. The molecule has 0 aromatic rings. The van der Waals surface area contributed by atoms with Crippen LogP contribution in [0.2, 0.25) is 18.1 Å². The number of rotatable bonds is 15. The first-order chi connectivity index (χ1) is 13.9. The lowest BCUT2D eigenvalue weighted by Gasteiger charge is -2.37. The number of hydrogen-bond acceptors (Lipinski definition) is 2. The average Bonchev–Trinajstić information content (AvgIpc) is 2.62. The average molecular weight is 437 g/mol. The van der Waals surface area contributed by atoms with Gasteiger partial charge in [-0.15, -0.1) is 0 Å². The van der Waals surface area contributed by atoms with Crippen LogP contribution in [-0.4, -0.2) is 26.6 Å². The zero-order valence-corrected chi connectivity index (χ0v) is 22.7. The normalized spacial score (nSPS) is 14.7. The molecule has 0 aliphatic rings. The number of allylic oxidation sites excluding steroid dienone is 6. The summed E-state index contributed by atoms with van der Waals surface area (Å²) in [5, 5.41) is 9.51. The molecule has 0 aromatic heterocycles. The molecule has 176 valence electrons. The van der Waals surface area contributed by atoms with E-state index in [1.54, 1.807) is 0 Å². The Morgan fingerprint density at radius 1 is 0.867 bits per heavy atom. The van der Waals surface area contributed by atoms with Gasteiger partial charge in [-0.3, -0.25) is 0 Å². The third-order valence-electron chi connectivity index (χ3n) is 6.45. The van der Waals surface area contributed by atoms with Crippen molar-refractivity contribution in [2.45, 2.75) is 118 Å². The molecule has 0 fully saturated rings. The second-order valence-electron chi connectivity index (χ2n) is 10.8. The fourth-order valence-corrected chi connectivity index (χ4v) is 4.22. The van der Waals surface area contributed by atoms with E-state index in [-0.39, 0.29) is 11.6 Å². The molecule has 1 atom stereocenters. The van der Waals surface area contributed by atoms with Crippen LogP contribution in [0.1, 0.15) is 99.8 Å². The summed E-state index contributed by atoms with van der Waals surface area (Å²) < 4.78 is 6.47. The summed E-state index contributed by atoms with van der Waals surface area (Å²) in [7, 11) is -1.70. The minimum absolute atomic E-state index is 0.252. The highest BCUT2D eigenvalue weighted by molar-refractivity contribution is 6.74. The van der Waals surface area contributed by atoms with Crippen LogP contribution in [0.4, 0.5) is 0 Å². The predicted molar refractivity (Wildman–Crippen MR) is 138 cm³/mol. The molecule has 0 aliphatic heterocycles. The monoisotopic (exact) mass is 436 g/mol. The lowest BCUT2D eigenvalue weighted by Crippen LogP contribution is -2.42. The molecule has 0 heterocycles. The van der Waals surface area contributed by atoms with Gasteiger partial charge in [-0.2, -0.15) is 0 Å². The summed E-state index contributed by atoms with van der Waals surface area (Å²) in [4.78, 5) is 0. The fraction of sp³-hybridized carbons (Fsp3) is 0.778. The van der Waals surface area contributed by atoms with Crippen molar-refractivity contribution in [2.75, 3.05) is 13.2 Å².